The summed E-state index contributed by atoms with van der Waals surface area (Å²) in [4.78, 5) is 0. The van der Waals surface area contributed by atoms with E-state index in [1.165, 1.54) is 0 Å². The van der Waals surface area contributed by atoms with Crippen molar-refractivity contribution in [3.63, 3.8) is 0 Å². The maximum absolute atomic E-state index is 8.78. The highest BCUT2D eigenvalue weighted by atomic mass is 16.5. The van der Waals surface area contributed by atoms with E-state index in [4.69, 9.17) is 9.84 Å². The van der Waals surface area contributed by atoms with E-state index < -0.39 is 0 Å². The van der Waals surface area contributed by atoms with Gasteiger partial charge in [-0.15, -0.1) is 0 Å². The van der Waals surface area contributed by atoms with E-state index in [1.54, 1.807) is 0 Å². The standard InChI is InChI=1S/C8H18O2/c1-7(2)5-10-8(3,4)6-9/h7,9H,5-6H2,1-4H3. The summed E-state index contributed by atoms with van der Waals surface area (Å²) >= 11 is 0. The molecule has 0 rings (SSSR count). The summed E-state index contributed by atoms with van der Waals surface area (Å²) in [6.45, 7) is 8.75. The molecule has 0 spiro atoms. The van der Waals surface area contributed by atoms with Gasteiger partial charge in [-0.05, 0) is 19.8 Å². The number of hydrogen-bond acceptors (Lipinski definition) is 2. The quantitative estimate of drug-likeness (QED) is 0.650. The fourth-order valence-electron chi connectivity index (χ4n) is 0.438. The van der Waals surface area contributed by atoms with Crippen LogP contribution >= 0.6 is 0 Å². The number of aliphatic hydroxyl groups is 1. The van der Waals surface area contributed by atoms with Crippen molar-refractivity contribution < 1.29 is 9.84 Å². The van der Waals surface area contributed by atoms with E-state index in [-0.39, 0.29) is 12.2 Å². The van der Waals surface area contributed by atoms with Crippen LogP contribution in [0.4, 0.5) is 0 Å². The van der Waals surface area contributed by atoms with Crippen LogP contribution in [0.2, 0.25) is 0 Å². The summed E-state index contributed by atoms with van der Waals surface area (Å²) < 4.78 is 5.39. The molecular formula is C8H18O2. The smallest absolute Gasteiger partial charge is 0.0856 e. The Morgan fingerprint density at radius 1 is 1.40 bits per heavy atom. The molecule has 0 aromatic heterocycles. The third kappa shape index (κ3) is 4.77. The Morgan fingerprint density at radius 3 is 2.20 bits per heavy atom. The van der Waals surface area contributed by atoms with Gasteiger partial charge >= 0.3 is 0 Å². The van der Waals surface area contributed by atoms with Crippen molar-refractivity contribution in [2.24, 2.45) is 5.92 Å². The SMILES string of the molecule is CC(C)COC(C)(C)CO. The fraction of sp³-hybridized carbons (Fsp3) is 1.00. The maximum Gasteiger partial charge on any atom is 0.0856 e. The van der Waals surface area contributed by atoms with Crippen molar-refractivity contribution in [3.8, 4) is 0 Å². The molecule has 0 saturated carbocycles. The largest absolute Gasteiger partial charge is 0.393 e. The van der Waals surface area contributed by atoms with Crippen molar-refractivity contribution >= 4 is 0 Å². The minimum Gasteiger partial charge on any atom is -0.393 e. The summed E-state index contributed by atoms with van der Waals surface area (Å²) in [6, 6.07) is 0. The highest BCUT2D eigenvalue weighted by Crippen LogP contribution is 2.09. The minimum atomic E-state index is -0.371. The molecule has 0 aliphatic carbocycles. The lowest BCUT2D eigenvalue weighted by Crippen LogP contribution is -2.30. The molecule has 0 saturated heterocycles. The Labute approximate surface area is 63.2 Å². The Hall–Kier alpha value is -0.0800. The van der Waals surface area contributed by atoms with Gasteiger partial charge in [-0.3, -0.25) is 0 Å². The third-order valence-electron chi connectivity index (χ3n) is 1.19. The summed E-state index contributed by atoms with van der Waals surface area (Å²) in [7, 11) is 0. The van der Waals surface area contributed by atoms with Crippen LogP contribution in [0.5, 0.6) is 0 Å². The first-order chi connectivity index (χ1) is 4.48. The van der Waals surface area contributed by atoms with Crippen LogP contribution in [0.15, 0.2) is 0 Å². The molecule has 2 heteroatoms. The normalized spacial score (nSPS) is 12.6. The average molecular weight is 146 g/mol. The van der Waals surface area contributed by atoms with E-state index in [1.807, 2.05) is 13.8 Å². The Kier molecular flexibility index (Phi) is 3.91. The van der Waals surface area contributed by atoms with E-state index in [9.17, 15) is 0 Å². The molecule has 0 aromatic carbocycles. The lowest BCUT2D eigenvalue weighted by Gasteiger charge is -2.23. The Morgan fingerprint density at radius 2 is 1.90 bits per heavy atom. The third-order valence-corrected chi connectivity index (χ3v) is 1.19. The first-order valence-electron chi connectivity index (χ1n) is 3.73. The van der Waals surface area contributed by atoms with E-state index in [0.29, 0.717) is 12.5 Å². The summed E-state index contributed by atoms with van der Waals surface area (Å²) in [5, 5.41) is 8.78. The van der Waals surface area contributed by atoms with Gasteiger partial charge in [0.15, 0.2) is 0 Å². The lowest BCUT2D eigenvalue weighted by atomic mass is 10.1. The summed E-state index contributed by atoms with van der Waals surface area (Å²) in [5.41, 5.74) is -0.371. The van der Waals surface area contributed by atoms with Crippen molar-refractivity contribution in [2.45, 2.75) is 33.3 Å². The zero-order valence-electron chi connectivity index (χ0n) is 7.35. The van der Waals surface area contributed by atoms with Crippen LogP contribution in [-0.4, -0.2) is 23.9 Å². The van der Waals surface area contributed by atoms with Gasteiger partial charge in [0, 0.05) is 6.61 Å². The van der Waals surface area contributed by atoms with Crippen LogP contribution in [0.25, 0.3) is 0 Å². The summed E-state index contributed by atoms with van der Waals surface area (Å²) in [5.74, 6) is 0.533. The molecule has 0 bridgehead atoms. The Balaban J connectivity index is 3.46. The molecular weight excluding hydrogens is 128 g/mol. The Bertz CT molecular complexity index is 87.3. The highest BCUT2D eigenvalue weighted by molar-refractivity contribution is 4.65. The number of ether oxygens (including phenoxy) is 1. The van der Waals surface area contributed by atoms with Crippen LogP contribution in [-0.2, 0) is 4.74 Å². The average Bonchev–Trinajstić information content (AvgIpc) is 1.85. The molecule has 2 nitrogen and oxygen atoms in total. The second-order valence-electron chi connectivity index (χ2n) is 3.62. The molecule has 0 aromatic rings. The predicted molar refractivity (Wildman–Crippen MR) is 42.0 cm³/mol. The topological polar surface area (TPSA) is 29.5 Å². The molecule has 10 heavy (non-hydrogen) atoms. The molecule has 1 N–H and O–H groups in total. The predicted octanol–water partition coefficient (Wildman–Crippen LogP) is 1.43. The van der Waals surface area contributed by atoms with Gasteiger partial charge in [0.2, 0.25) is 0 Å². The molecule has 0 aliphatic heterocycles. The lowest BCUT2D eigenvalue weighted by molar-refractivity contribution is -0.0633. The molecule has 0 fully saturated rings. The van der Waals surface area contributed by atoms with Crippen molar-refractivity contribution in [1.82, 2.24) is 0 Å². The zero-order valence-corrected chi connectivity index (χ0v) is 7.35. The molecule has 62 valence electrons. The number of aliphatic hydroxyl groups excluding tert-OH is 1. The van der Waals surface area contributed by atoms with Crippen LogP contribution in [0.3, 0.4) is 0 Å². The molecule has 0 aliphatic rings. The van der Waals surface area contributed by atoms with Crippen LogP contribution in [0, 0.1) is 5.92 Å². The van der Waals surface area contributed by atoms with Gasteiger partial charge in [0.25, 0.3) is 0 Å². The van der Waals surface area contributed by atoms with E-state index in [2.05, 4.69) is 13.8 Å². The van der Waals surface area contributed by atoms with Crippen molar-refractivity contribution in [2.75, 3.05) is 13.2 Å². The highest BCUT2D eigenvalue weighted by Gasteiger charge is 2.16. The van der Waals surface area contributed by atoms with E-state index in [0.717, 1.165) is 0 Å². The van der Waals surface area contributed by atoms with Gasteiger partial charge < -0.3 is 9.84 Å². The molecule has 0 heterocycles. The number of rotatable bonds is 4. The van der Waals surface area contributed by atoms with Gasteiger partial charge in [-0.25, -0.2) is 0 Å². The molecule has 0 radical (unpaired) electrons. The van der Waals surface area contributed by atoms with Crippen LogP contribution < -0.4 is 0 Å². The van der Waals surface area contributed by atoms with E-state index >= 15 is 0 Å². The maximum atomic E-state index is 8.78. The summed E-state index contributed by atoms with van der Waals surface area (Å²) in [6.07, 6.45) is 0. The first kappa shape index (κ1) is 9.92. The molecule has 0 amide bonds. The zero-order chi connectivity index (χ0) is 8.20. The first-order valence-corrected chi connectivity index (χ1v) is 3.73. The van der Waals surface area contributed by atoms with Crippen molar-refractivity contribution in [1.29, 1.82) is 0 Å². The molecule has 0 atom stereocenters. The monoisotopic (exact) mass is 146 g/mol. The molecule has 0 unspecified atom stereocenters. The van der Waals surface area contributed by atoms with Crippen molar-refractivity contribution in [3.05, 3.63) is 0 Å². The number of hydrogen-bond donors (Lipinski definition) is 1. The second kappa shape index (κ2) is 3.94. The van der Waals surface area contributed by atoms with Gasteiger partial charge in [0.1, 0.15) is 0 Å². The minimum absolute atomic E-state index is 0.0831. The van der Waals surface area contributed by atoms with Gasteiger partial charge in [-0.2, -0.15) is 0 Å². The van der Waals surface area contributed by atoms with Crippen LogP contribution in [0.1, 0.15) is 27.7 Å². The van der Waals surface area contributed by atoms with Gasteiger partial charge in [-0.1, -0.05) is 13.8 Å². The van der Waals surface area contributed by atoms with Gasteiger partial charge in [0.05, 0.1) is 12.2 Å². The second-order valence-corrected chi connectivity index (χ2v) is 3.62. The fourth-order valence-corrected chi connectivity index (χ4v) is 0.438.